The standard InChI is InChI=1S/C25H25F2N3O2/c1-16-14-29(15-28-16)22-10-9-18(13-23(22)32-3)12-19-6-5-11-30(25(19)31)17(2)24-20(26)7-4-8-21(24)27/h4,7-10,12-15,17H,5-6,11H2,1-3H3/b19-12+/t17-/m0/s1. The second kappa shape index (κ2) is 8.94. The number of benzene rings is 2. The molecule has 0 bridgehead atoms. The topological polar surface area (TPSA) is 47.4 Å². The van der Waals surface area contributed by atoms with Crippen molar-refractivity contribution in [1.82, 2.24) is 14.5 Å². The van der Waals surface area contributed by atoms with Crippen molar-refractivity contribution in [3.05, 3.63) is 83.0 Å². The molecule has 5 nitrogen and oxygen atoms in total. The molecule has 1 aliphatic heterocycles. The highest BCUT2D eigenvalue weighted by molar-refractivity contribution is 5.98. The zero-order chi connectivity index (χ0) is 22.8. The molecular weight excluding hydrogens is 412 g/mol. The minimum absolute atomic E-state index is 0.0799. The Morgan fingerprint density at radius 3 is 2.59 bits per heavy atom. The number of amides is 1. The van der Waals surface area contributed by atoms with Crippen LogP contribution < -0.4 is 4.74 Å². The van der Waals surface area contributed by atoms with Crippen LogP contribution in [0.5, 0.6) is 5.75 Å². The number of ether oxygens (including phenoxy) is 1. The van der Waals surface area contributed by atoms with E-state index in [0.717, 1.165) is 23.4 Å². The maximum Gasteiger partial charge on any atom is 0.250 e. The lowest BCUT2D eigenvalue weighted by Crippen LogP contribution is -2.39. The Morgan fingerprint density at radius 1 is 1.19 bits per heavy atom. The molecule has 32 heavy (non-hydrogen) atoms. The van der Waals surface area contributed by atoms with Crippen LogP contribution in [0.2, 0.25) is 0 Å². The number of piperidine rings is 1. The van der Waals surface area contributed by atoms with Gasteiger partial charge in [0.1, 0.15) is 17.4 Å². The molecule has 7 heteroatoms. The first-order chi connectivity index (χ1) is 15.4. The van der Waals surface area contributed by atoms with E-state index >= 15 is 0 Å². The fraction of sp³-hybridized carbons (Fsp3) is 0.280. The number of carbonyl (C=O) groups is 1. The first-order valence-electron chi connectivity index (χ1n) is 10.5. The van der Waals surface area contributed by atoms with Crippen molar-refractivity contribution in [2.45, 2.75) is 32.7 Å². The van der Waals surface area contributed by atoms with E-state index in [4.69, 9.17) is 4.74 Å². The molecule has 3 aromatic rings. The van der Waals surface area contributed by atoms with Gasteiger partial charge in [-0.3, -0.25) is 4.79 Å². The van der Waals surface area contributed by atoms with Gasteiger partial charge in [-0.2, -0.15) is 0 Å². The van der Waals surface area contributed by atoms with Gasteiger partial charge >= 0.3 is 0 Å². The van der Waals surface area contributed by atoms with E-state index < -0.39 is 17.7 Å². The molecule has 2 aromatic carbocycles. The number of hydrogen-bond acceptors (Lipinski definition) is 3. The molecular formula is C25H25F2N3O2. The third-order valence-corrected chi connectivity index (χ3v) is 5.80. The monoisotopic (exact) mass is 437 g/mol. The molecule has 0 saturated carbocycles. The summed E-state index contributed by atoms with van der Waals surface area (Å²) >= 11 is 0. The minimum atomic E-state index is -0.700. The molecule has 0 aliphatic carbocycles. The van der Waals surface area contributed by atoms with Crippen LogP contribution >= 0.6 is 0 Å². The Hall–Kier alpha value is -3.48. The average molecular weight is 437 g/mol. The highest BCUT2D eigenvalue weighted by Crippen LogP contribution is 2.32. The highest BCUT2D eigenvalue weighted by Gasteiger charge is 2.30. The SMILES string of the molecule is COc1cc(/C=C2\CCCN([C@@H](C)c3c(F)cccc3F)C2=O)ccc1-n1cnc(C)c1. The van der Waals surface area contributed by atoms with E-state index in [1.165, 1.54) is 23.1 Å². The maximum absolute atomic E-state index is 14.3. The average Bonchev–Trinajstić information content (AvgIpc) is 3.21. The third kappa shape index (κ3) is 4.15. The number of rotatable bonds is 5. The summed E-state index contributed by atoms with van der Waals surface area (Å²) in [5.41, 5.74) is 3.08. The van der Waals surface area contributed by atoms with E-state index in [1.54, 1.807) is 20.4 Å². The largest absolute Gasteiger partial charge is 0.495 e. The van der Waals surface area contributed by atoms with Crippen molar-refractivity contribution in [1.29, 1.82) is 0 Å². The summed E-state index contributed by atoms with van der Waals surface area (Å²) in [5.74, 6) is -0.841. The first kappa shape index (κ1) is 21.7. The molecule has 1 amide bonds. The van der Waals surface area contributed by atoms with Gasteiger partial charge in [0.15, 0.2) is 0 Å². The van der Waals surface area contributed by atoms with Gasteiger partial charge in [0.05, 0.1) is 30.9 Å². The third-order valence-electron chi connectivity index (χ3n) is 5.80. The Labute approximate surface area is 186 Å². The smallest absolute Gasteiger partial charge is 0.250 e. The van der Waals surface area contributed by atoms with E-state index in [-0.39, 0.29) is 11.5 Å². The number of carbonyl (C=O) groups excluding carboxylic acids is 1. The molecule has 1 saturated heterocycles. The zero-order valence-corrected chi connectivity index (χ0v) is 18.3. The zero-order valence-electron chi connectivity index (χ0n) is 18.3. The summed E-state index contributed by atoms with van der Waals surface area (Å²) in [7, 11) is 1.59. The summed E-state index contributed by atoms with van der Waals surface area (Å²) in [6.45, 7) is 4.02. The van der Waals surface area contributed by atoms with Gasteiger partial charge in [0.2, 0.25) is 5.91 Å². The maximum atomic E-state index is 14.3. The van der Waals surface area contributed by atoms with Crippen molar-refractivity contribution in [2.75, 3.05) is 13.7 Å². The predicted octanol–water partition coefficient (Wildman–Crippen LogP) is 5.23. The summed E-state index contributed by atoms with van der Waals surface area (Å²) in [6, 6.07) is 8.75. The van der Waals surface area contributed by atoms with E-state index in [9.17, 15) is 13.6 Å². The molecule has 0 N–H and O–H groups in total. The Morgan fingerprint density at radius 2 is 1.94 bits per heavy atom. The van der Waals surface area contributed by atoms with Gasteiger partial charge in [-0.25, -0.2) is 13.8 Å². The van der Waals surface area contributed by atoms with Crippen molar-refractivity contribution in [2.24, 2.45) is 0 Å². The second-order valence-corrected chi connectivity index (χ2v) is 7.94. The van der Waals surface area contributed by atoms with Crippen LogP contribution in [0.1, 0.15) is 42.6 Å². The predicted molar refractivity (Wildman–Crippen MR) is 119 cm³/mol. The molecule has 1 atom stereocenters. The molecule has 0 radical (unpaired) electrons. The number of methoxy groups -OCH3 is 1. The van der Waals surface area contributed by atoms with Crippen LogP contribution in [-0.4, -0.2) is 34.0 Å². The fourth-order valence-electron chi connectivity index (χ4n) is 4.15. The minimum Gasteiger partial charge on any atom is -0.495 e. The van der Waals surface area contributed by atoms with Crippen LogP contribution in [0.4, 0.5) is 8.78 Å². The van der Waals surface area contributed by atoms with Gasteiger partial charge in [-0.05, 0) is 62.6 Å². The number of likely N-dealkylation sites (tertiary alicyclic amines) is 1. The number of aromatic nitrogens is 2. The van der Waals surface area contributed by atoms with Crippen molar-refractivity contribution >= 4 is 12.0 Å². The van der Waals surface area contributed by atoms with Gasteiger partial charge in [-0.1, -0.05) is 12.1 Å². The summed E-state index contributed by atoms with van der Waals surface area (Å²) in [6.07, 6.45) is 6.78. The van der Waals surface area contributed by atoms with Crippen molar-refractivity contribution < 1.29 is 18.3 Å². The normalized spacial score (nSPS) is 16.5. The highest BCUT2D eigenvalue weighted by atomic mass is 19.1. The lowest BCUT2D eigenvalue weighted by Gasteiger charge is -2.34. The van der Waals surface area contributed by atoms with Crippen LogP contribution in [0.25, 0.3) is 11.8 Å². The van der Waals surface area contributed by atoms with Gasteiger partial charge in [0, 0.05) is 23.9 Å². The summed E-state index contributed by atoms with van der Waals surface area (Å²) < 4.78 is 36.0. The molecule has 0 spiro atoms. The Balaban J connectivity index is 1.62. The fourth-order valence-corrected chi connectivity index (χ4v) is 4.15. The number of nitrogens with zero attached hydrogens (tertiary/aromatic N) is 3. The lowest BCUT2D eigenvalue weighted by molar-refractivity contribution is -0.130. The lowest BCUT2D eigenvalue weighted by atomic mass is 9.97. The van der Waals surface area contributed by atoms with Gasteiger partial charge in [-0.15, -0.1) is 0 Å². The number of hydrogen-bond donors (Lipinski definition) is 0. The second-order valence-electron chi connectivity index (χ2n) is 7.94. The van der Waals surface area contributed by atoms with Crippen LogP contribution in [0.3, 0.4) is 0 Å². The Bertz CT molecular complexity index is 1170. The van der Waals surface area contributed by atoms with Gasteiger partial charge in [0.25, 0.3) is 0 Å². The van der Waals surface area contributed by atoms with Crippen LogP contribution in [-0.2, 0) is 4.79 Å². The van der Waals surface area contributed by atoms with E-state index in [0.29, 0.717) is 24.3 Å². The number of aryl methyl sites for hydroxylation is 1. The van der Waals surface area contributed by atoms with Crippen LogP contribution in [0.15, 0.2) is 54.5 Å². The number of halogens is 2. The molecule has 0 unspecified atom stereocenters. The van der Waals surface area contributed by atoms with Crippen LogP contribution in [0, 0.1) is 18.6 Å². The van der Waals surface area contributed by atoms with Crippen molar-refractivity contribution in [3.63, 3.8) is 0 Å². The molecule has 166 valence electrons. The molecule has 1 aromatic heterocycles. The summed E-state index contributed by atoms with van der Waals surface area (Å²) in [5, 5.41) is 0. The summed E-state index contributed by atoms with van der Waals surface area (Å²) in [4.78, 5) is 19.0. The van der Waals surface area contributed by atoms with Crippen molar-refractivity contribution in [3.8, 4) is 11.4 Å². The number of imidazole rings is 1. The molecule has 4 rings (SSSR count). The quantitative estimate of drug-likeness (QED) is 0.513. The first-order valence-corrected chi connectivity index (χ1v) is 10.5. The van der Waals surface area contributed by atoms with E-state index in [2.05, 4.69) is 4.98 Å². The van der Waals surface area contributed by atoms with Gasteiger partial charge < -0.3 is 14.2 Å². The van der Waals surface area contributed by atoms with E-state index in [1.807, 2.05) is 42.0 Å². The molecule has 2 heterocycles. The molecule has 1 aliphatic rings. The Kier molecular flexibility index (Phi) is 6.08. The molecule has 1 fully saturated rings.